The van der Waals surface area contributed by atoms with Gasteiger partial charge in [0.25, 0.3) is 0 Å². The second kappa shape index (κ2) is 6.11. The molecule has 0 radical (unpaired) electrons. The Bertz CT molecular complexity index is 762. The molecule has 0 unspecified atom stereocenters. The SMILES string of the molecule is O=C(COc1c(F)c(F)c(F)c(F)c1F)c1ccc(O)cc1O. The van der Waals surface area contributed by atoms with Crippen LogP contribution in [0.2, 0.25) is 0 Å². The minimum Gasteiger partial charge on any atom is -0.508 e. The first-order valence-corrected chi connectivity index (χ1v) is 5.93. The maximum atomic E-state index is 13.3. The molecule has 0 fully saturated rings. The highest BCUT2D eigenvalue weighted by Crippen LogP contribution is 2.29. The number of phenols is 2. The highest BCUT2D eigenvalue weighted by atomic mass is 19.2. The molecule has 0 atom stereocenters. The third kappa shape index (κ3) is 3.03. The van der Waals surface area contributed by atoms with Crippen molar-refractivity contribution in [3.8, 4) is 17.2 Å². The Hall–Kier alpha value is -2.84. The van der Waals surface area contributed by atoms with E-state index in [1.165, 1.54) is 0 Å². The van der Waals surface area contributed by atoms with Crippen LogP contribution in [0.25, 0.3) is 0 Å². The lowest BCUT2D eigenvalue weighted by atomic mass is 10.1. The summed E-state index contributed by atoms with van der Waals surface area (Å²) >= 11 is 0. The number of rotatable bonds is 4. The Balaban J connectivity index is 2.26. The Labute approximate surface area is 125 Å². The number of ketones is 1. The van der Waals surface area contributed by atoms with Crippen molar-refractivity contribution in [2.24, 2.45) is 0 Å². The van der Waals surface area contributed by atoms with E-state index in [4.69, 9.17) is 5.11 Å². The maximum absolute atomic E-state index is 13.3. The zero-order chi connectivity index (χ0) is 17.3. The van der Waals surface area contributed by atoms with Gasteiger partial charge >= 0.3 is 0 Å². The van der Waals surface area contributed by atoms with E-state index in [2.05, 4.69) is 4.74 Å². The summed E-state index contributed by atoms with van der Waals surface area (Å²) in [5.41, 5.74) is -0.369. The van der Waals surface area contributed by atoms with Crippen LogP contribution in [-0.2, 0) is 0 Å². The predicted molar refractivity (Wildman–Crippen MR) is 65.8 cm³/mol. The summed E-state index contributed by atoms with van der Waals surface area (Å²) < 4.78 is 69.8. The van der Waals surface area contributed by atoms with E-state index >= 15 is 0 Å². The molecule has 23 heavy (non-hydrogen) atoms. The van der Waals surface area contributed by atoms with E-state index in [0.717, 1.165) is 18.2 Å². The van der Waals surface area contributed by atoms with Crippen LogP contribution in [0.1, 0.15) is 10.4 Å². The summed E-state index contributed by atoms with van der Waals surface area (Å²) in [6.45, 7) is -1.10. The molecule has 122 valence electrons. The summed E-state index contributed by atoms with van der Waals surface area (Å²) in [5.74, 6) is -14.8. The minimum atomic E-state index is -2.35. The van der Waals surface area contributed by atoms with Crippen molar-refractivity contribution in [3.63, 3.8) is 0 Å². The molecule has 2 N–H and O–H groups in total. The van der Waals surface area contributed by atoms with E-state index in [0.29, 0.717) is 0 Å². The lowest BCUT2D eigenvalue weighted by molar-refractivity contribution is 0.0910. The van der Waals surface area contributed by atoms with Crippen molar-refractivity contribution >= 4 is 5.78 Å². The van der Waals surface area contributed by atoms with Crippen molar-refractivity contribution in [3.05, 3.63) is 52.8 Å². The molecular weight excluding hydrogens is 327 g/mol. The number of phenolic OH excluding ortho intramolecular Hbond substituents is 2. The number of aromatic hydroxyl groups is 2. The summed E-state index contributed by atoms with van der Waals surface area (Å²) in [6, 6.07) is 2.87. The van der Waals surface area contributed by atoms with Gasteiger partial charge in [-0.3, -0.25) is 4.79 Å². The fraction of sp³-hybridized carbons (Fsp3) is 0.0714. The molecule has 4 nitrogen and oxygen atoms in total. The molecule has 0 saturated heterocycles. The van der Waals surface area contributed by atoms with Crippen LogP contribution >= 0.6 is 0 Å². The average Bonchev–Trinajstić information content (AvgIpc) is 2.50. The van der Waals surface area contributed by atoms with Gasteiger partial charge in [0.2, 0.25) is 34.9 Å². The van der Waals surface area contributed by atoms with Crippen LogP contribution in [0, 0.1) is 29.1 Å². The molecular formula is C14H7F5O4. The van der Waals surface area contributed by atoms with Gasteiger partial charge in [0.15, 0.2) is 12.4 Å². The number of benzene rings is 2. The van der Waals surface area contributed by atoms with E-state index in [-0.39, 0.29) is 11.3 Å². The quantitative estimate of drug-likeness (QED) is 0.390. The highest BCUT2D eigenvalue weighted by molar-refractivity contribution is 5.99. The van der Waals surface area contributed by atoms with Gasteiger partial charge < -0.3 is 14.9 Å². The Morgan fingerprint density at radius 1 is 0.913 bits per heavy atom. The van der Waals surface area contributed by atoms with E-state index < -0.39 is 53.0 Å². The lowest BCUT2D eigenvalue weighted by Gasteiger charge is -2.10. The van der Waals surface area contributed by atoms with Crippen molar-refractivity contribution in [1.82, 2.24) is 0 Å². The van der Waals surface area contributed by atoms with Gasteiger partial charge in [0, 0.05) is 6.07 Å². The molecule has 0 aliphatic heterocycles. The number of hydrogen-bond donors (Lipinski definition) is 2. The second-order valence-corrected chi connectivity index (χ2v) is 4.31. The molecule has 0 heterocycles. The fourth-order valence-corrected chi connectivity index (χ4v) is 1.68. The highest BCUT2D eigenvalue weighted by Gasteiger charge is 2.27. The molecule has 0 aliphatic carbocycles. The van der Waals surface area contributed by atoms with Gasteiger partial charge in [0.1, 0.15) is 11.5 Å². The van der Waals surface area contributed by atoms with Gasteiger partial charge in [0.05, 0.1) is 5.56 Å². The van der Waals surface area contributed by atoms with Crippen molar-refractivity contribution in [2.75, 3.05) is 6.61 Å². The topological polar surface area (TPSA) is 66.8 Å². The monoisotopic (exact) mass is 334 g/mol. The first kappa shape index (κ1) is 16.5. The number of hydrogen-bond acceptors (Lipinski definition) is 4. The minimum absolute atomic E-state index is 0.347. The van der Waals surface area contributed by atoms with Crippen LogP contribution in [-0.4, -0.2) is 22.6 Å². The normalized spacial score (nSPS) is 10.7. The lowest BCUT2D eigenvalue weighted by Crippen LogP contribution is -2.15. The molecule has 0 amide bonds. The van der Waals surface area contributed by atoms with Crippen LogP contribution in [0.5, 0.6) is 17.2 Å². The van der Waals surface area contributed by atoms with Gasteiger partial charge in [-0.15, -0.1) is 0 Å². The standard InChI is InChI=1S/C14H7F5O4/c15-9-10(16)12(18)14(13(19)11(9)17)23-4-8(22)6-2-1-5(20)3-7(6)21/h1-3,20-21H,4H2. The first-order chi connectivity index (χ1) is 10.7. The molecule has 0 spiro atoms. The largest absolute Gasteiger partial charge is 0.508 e. The maximum Gasteiger partial charge on any atom is 0.207 e. The first-order valence-electron chi connectivity index (χ1n) is 5.93. The van der Waals surface area contributed by atoms with Crippen molar-refractivity contribution in [1.29, 1.82) is 0 Å². The number of carbonyl (C=O) groups excluding carboxylic acids is 1. The predicted octanol–water partition coefficient (Wildman–Crippen LogP) is 3.06. The summed E-state index contributed by atoms with van der Waals surface area (Å²) in [7, 11) is 0. The number of carbonyl (C=O) groups is 1. The number of ether oxygens (including phenoxy) is 1. The van der Waals surface area contributed by atoms with Gasteiger partial charge in [-0.1, -0.05) is 0 Å². The molecule has 2 aromatic rings. The Morgan fingerprint density at radius 2 is 1.43 bits per heavy atom. The summed E-state index contributed by atoms with van der Waals surface area (Å²) in [5, 5.41) is 18.5. The third-order valence-electron chi connectivity index (χ3n) is 2.80. The average molecular weight is 334 g/mol. The molecule has 0 saturated carbocycles. The second-order valence-electron chi connectivity index (χ2n) is 4.31. The molecule has 0 aromatic heterocycles. The van der Waals surface area contributed by atoms with Crippen molar-refractivity contribution < 1.29 is 41.7 Å². The van der Waals surface area contributed by atoms with E-state index in [1.54, 1.807) is 0 Å². The van der Waals surface area contributed by atoms with Crippen LogP contribution in [0.3, 0.4) is 0 Å². The smallest absolute Gasteiger partial charge is 0.207 e. The summed E-state index contributed by atoms with van der Waals surface area (Å²) in [6.07, 6.45) is 0. The van der Waals surface area contributed by atoms with Crippen LogP contribution < -0.4 is 4.74 Å². The summed E-state index contributed by atoms with van der Waals surface area (Å²) in [4.78, 5) is 11.7. The molecule has 2 rings (SSSR count). The Kier molecular flexibility index (Phi) is 4.39. The Morgan fingerprint density at radius 3 is 1.96 bits per heavy atom. The van der Waals surface area contributed by atoms with Gasteiger partial charge in [-0.2, -0.15) is 8.78 Å². The van der Waals surface area contributed by atoms with Crippen molar-refractivity contribution in [2.45, 2.75) is 0 Å². The zero-order valence-corrected chi connectivity index (χ0v) is 11.0. The van der Waals surface area contributed by atoms with E-state index in [9.17, 15) is 31.9 Å². The molecule has 9 heteroatoms. The molecule has 2 aromatic carbocycles. The van der Waals surface area contributed by atoms with Gasteiger partial charge in [-0.25, -0.2) is 13.2 Å². The van der Waals surface area contributed by atoms with Gasteiger partial charge in [-0.05, 0) is 12.1 Å². The number of Topliss-reactive ketones (excluding diaryl/α,β-unsaturated/α-hetero) is 1. The number of halogens is 5. The van der Waals surface area contributed by atoms with Crippen LogP contribution in [0.4, 0.5) is 22.0 Å². The third-order valence-corrected chi connectivity index (χ3v) is 2.80. The van der Waals surface area contributed by atoms with Crippen LogP contribution in [0.15, 0.2) is 18.2 Å². The molecule has 0 aliphatic rings. The molecule has 0 bridgehead atoms. The fourth-order valence-electron chi connectivity index (χ4n) is 1.68. The zero-order valence-electron chi connectivity index (χ0n) is 11.0. The van der Waals surface area contributed by atoms with E-state index in [1.807, 2.05) is 0 Å².